The third-order valence-electron chi connectivity index (χ3n) is 5.92. The fraction of sp³-hybridized carbons (Fsp3) is 0.880. The minimum atomic E-state index is -0.506. The second kappa shape index (κ2) is 19.4. The van der Waals surface area contributed by atoms with Gasteiger partial charge in [0.1, 0.15) is 5.92 Å². The monoisotopic (exact) mass is 389 g/mol. The second-order valence-electron chi connectivity index (χ2n) is 8.47. The topological polar surface area (TPSA) is 50.1 Å². The molecule has 0 bridgehead atoms. The molecular formula is C25H43NO2. The van der Waals surface area contributed by atoms with Crippen molar-refractivity contribution in [2.45, 2.75) is 128 Å². The molecular weight excluding hydrogens is 346 g/mol. The third kappa shape index (κ3) is 15.1. The highest BCUT2D eigenvalue weighted by Gasteiger charge is 2.13. The summed E-state index contributed by atoms with van der Waals surface area (Å²) < 4.78 is 5.97. The Morgan fingerprint density at radius 2 is 1.25 bits per heavy atom. The van der Waals surface area contributed by atoms with Crippen molar-refractivity contribution < 1.29 is 9.53 Å². The molecule has 0 aromatic heterocycles. The van der Waals surface area contributed by atoms with Gasteiger partial charge in [-0.2, -0.15) is 5.26 Å². The molecule has 3 nitrogen and oxygen atoms in total. The van der Waals surface area contributed by atoms with Gasteiger partial charge in [-0.05, 0) is 44.9 Å². The molecule has 0 aliphatic heterocycles. The van der Waals surface area contributed by atoms with Crippen LogP contribution in [0.1, 0.15) is 122 Å². The quantitative estimate of drug-likeness (QED) is 0.219. The summed E-state index contributed by atoms with van der Waals surface area (Å²) in [6.45, 7) is 0.971. The predicted octanol–water partition coefficient (Wildman–Crippen LogP) is 7.25. The molecule has 28 heavy (non-hydrogen) atoms. The average molecular weight is 390 g/mol. The Hall–Kier alpha value is -0.880. The Balaban J connectivity index is 1.68. The first-order chi connectivity index (χ1) is 13.9. The predicted molar refractivity (Wildman–Crippen MR) is 117 cm³/mol. The summed E-state index contributed by atoms with van der Waals surface area (Å²) in [6, 6.07) is 1.99. The van der Waals surface area contributed by atoms with E-state index in [1.54, 1.807) is 6.29 Å². The second-order valence-corrected chi connectivity index (χ2v) is 8.47. The summed E-state index contributed by atoms with van der Waals surface area (Å²) in [7, 11) is 0. The zero-order valence-corrected chi connectivity index (χ0v) is 18.1. The van der Waals surface area contributed by atoms with Gasteiger partial charge in [0.25, 0.3) is 0 Å². The number of carbonyl (C=O) groups excluding carboxylic acids is 1. The fourth-order valence-corrected chi connectivity index (χ4v) is 4.03. The van der Waals surface area contributed by atoms with Gasteiger partial charge in [-0.1, -0.05) is 83.5 Å². The summed E-state index contributed by atoms with van der Waals surface area (Å²) in [4.78, 5) is 10.4. The van der Waals surface area contributed by atoms with E-state index >= 15 is 0 Å². The van der Waals surface area contributed by atoms with Crippen molar-refractivity contribution >= 4 is 6.29 Å². The Morgan fingerprint density at radius 1 is 0.786 bits per heavy atom. The maximum Gasteiger partial charge on any atom is 0.216 e. The van der Waals surface area contributed by atoms with Crippen LogP contribution in [0.15, 0.2) is 0 Å². The highest BCUT2D eigenvalue weighted by molar-refractivity contribution is 5.58. The standard InChI is InChI=1S/C25H43NO2/c26-22-24(23-27)18-14-11-9-7-5-3-1-2-4-6-8-10-12-17-21-28-25-19-15-13-16-20-25/h13,24-25H,1-12,14-21H2. The van der Waals surface area contributed by atoms with Crippen LogP contribution in [0.5, 0.6) is 0 Å². The van der Waals surface area contributed by atoms with Gasteiger partial charge in [-0.25, -0.2) is 0 Å². The van der Waals surface area contributed by atoms with Crippen LogP contribution in [0.25, 0.3) is 0 Å². The minimum Gasteiger partial charge on any atom is -0.378 e. The highest BCUT2D eigenvalue weighted by atomic mass is 16.5. The summed E-state index contributed by atoms with van der Waals surface area (Å²) >= 11 is 0. The van der Waals surface area contributed by atoms with Crippen LogP contribution in [-0.2, 0) is 9.53 Å². The average Bonchev–Trinajstić information content (AvgIpc) is 2.74. The fourth-order valence-electron chi connectivity index (χ4n) is 4.03. The highest BCUT2D eigenvalue weighted by Crippen LogP contribution is 2.20. The first kappa shape index (κ1) is 25.2. The normalized spacial score (nSPS) is 16.0. The van der Waals surface area contributed by atoms with E-state index in [1.165, 1.54) is 103 Å². The van der Waals surface area contributed by atoms with E-state index in [9.17, 15) is 4.79 Å². The van der Waals surface area contributed by atoms with Crippen molar-refractivity contribution in [1.82, 2.24) is 0 Å². The van der Waals surface area contributed by atoms with E-state index in [-0.39, 0.29) is 0 Å². The summed E-state index contributed by atoms with van der Waals surface area (Å²) in [5.41, 5.74) is 0. The molecule has 0 saturated heterocycles. The van der Waals surface area contributed by atoms with Crippen molar-refractivity contribution in [2.24, 2.45) is 5.92 Å². The van der Waals surface area contributed by atoms with E-state index < -0.39 is 5.92 Å². The number of hydrogen-bond donors (Lipinski definition) is 0. The molecule has 160 valence electrons. The maximum atomic E-state index is 10.4. The summed E-state index contributed by atoms with van der Waals surface area (Å²) in [5, 5.41) is 8.68. The van der Waals surface area contributed by atoms with Crippen molar-refractivity contribution in [1.29, 1.82) is 5.26 Å². The number of nitriles is 1. The van der Waals surface area contributed by atoms with Crippen LogP contribution in [0.3, 0.4) is 0 Å². The molecule has 1 unspecified atom stereocenters. The van der Waals surface area contributed by atoms with Crippen molar-refractivity contribution in [2.75, 3.05) is 6.61 Å². The Morgan fingerprint density at radius 3 is 1.71 bits per heavy atom. The molecule has 0 heterocycles. The van der Waals surface area contributed by atoms with Crippen LogP contribution < -0.4 is 0 Å². The number of hydrogen-bond acceptors (Lipinski definition) is 3. The number of ether oxygens (including phenoxy) is 1. The van der Waals surface area contributed by atoms with Crippen LogP contribution in [0, 0.1) is 23.7 Å². The van der Waals surface area contributed by atoms with Gasteiger partial charge in [-0.3, -0.25) is 4.79 Å². The number of unbranched alkanes of at least 4 members (excludes halogenated alkanes) is 13. The van der Waals surface area contributed by atoms with Crippen LogP contribution in [0.2, 0.25) is 0 Å². The van der Waals surface area contributed by atoms with Gasteiger partial charge < -0.3 is 4.74 Å². The van der Waals surface area contributed by atoms with Gasteiger partial charge >= 0.3 is 0 Å². The lowest BCUT2D eigenvalue weighted by molar-refractivity contribution is 0.0326. The van der Waals surface area contributed by atoms with Gasteiger partial charge in [0.05, 0.1) is 12.2 Å². The SMILES string of the molecule is N#CC([C]=O)CCCCCCCCCCCCCCCCOC1CC[CH]CC1. The lowest BCUT2D eigenvalue weighted by atomic mass is 9.98. The van der Waals surface area contributed by atoms with E-state index in [4.69, 9.17) is 10.00 Å². The number of rotatable bonds is 19. The molecule has 0 spiro atoms. The number of nitrogens with zero attached hydrogens (tertiary/aromatic N) is 1. The zero-order valence-electron chi connectivity index (χ0n) is 18.1. The molecule has 1 atom stereocenters. The Bertz CT molecular complexity index is 384. The molecule has 0 aromatic rings. The Kier molecular flexibility index (Phi) is 17.5. The molecule has 3 heteroatoms. The van der Waals surface area contributed by atoms with Crippen molar-refractivity contribution in [3.05, 3.63) is 6.42 Å². The summed E-state index contributed by atoms with van der Waals surface area (Å²) in [5.74, 6) is -0.506. The minimum absolute atomic E-state index is 0.506. The largest absolute Gasteiger partial charge is 0.378 e. The third-order valence-corrected chi connectivity index (χ3v) is 5.92. The van der Waals surface area contributed by atoms with Crippen molar-refractivity contribution in [3.8, 4) is 6.07 Å². The smallest absolute Gasteiger partial charge is 0.216 e. The van der Waals surface area contributed by atoms with E-state index in [2.05, 4.69) is 6.42 Å². The first-order valence-electron chi connectivity index (χ1n) is 12.1. The van der Waals surface area contributed by atoms with Gasteiger partial charge in [0.2, 0.25) is 6.29 Å². The molecule has 1 saturated carbocycles. The van der Waals surface area contributed by atoms with E-state index in [1.807, 2.05) is 6.07 Å². The molecule has 1 fully saturated rings. The molecule has 0 aromatic carbocycles. The molecule has 0 amide bonds. The lowest BCUT2D eigenvalue weighted by Gasteiger charge is -2.21. The summed E-state index contributed by atoms with van der Waals surface area (Å²) in [6.07, 6.45) is 28.6. The van der Waals surface area contributed by atoms with Crippen LogP contribution in [0.4, 0.5) is 0 Å². The van der Waals surface area contributed by atoms with Gasteiger partial charge in [-0.15, -0.1) is 0 Å². The molecule has 2 radical (unpaired) electrons. The van der Waals surface area contributed by atoms with Crippen molar-refractivity contribution in [3.63, 3.8) is 0 Å². The zero-order chi connectivity index (χ0) is 20.1. The molecule has 1 rings (SSSR count). The van der Waals surface area contributed by atoms with Crippen LogP contribution >= 0.6 is 0 Å². The molecule has 0 N–H and O–H groups in total. The first-order valence-corrected chi connectivity index (χ1v) is 12.1. The van der Waals surface area contributed by atoms with E-state index in [0.717, 1.165) is 19.4 Å². The Labute approximate surface area is 174 Å². The maximum absolute atomic E-state index is 10.4. The van der Waals surface area contributed by atoms with Gasteiger partial charge in [0.15, 0.2) is 0 Å². The molecule has 1 aliphatic rings. The van der Waals surface area contributed by atoms with Gasteiger partial charge in [0, 0.05) is 6.61 Å². The van der Waals surface area contributed by atoms with Crippen LogP contribution in [-0.4, -0.2) is 19.0 Å². The molecule has 1 aliphatic carbocycles. The lowest BCUT2D eigenvalue weighted by Crippen LogP contribution is -2.17. The van der Waals surface area contributed by atoms with E-state index in [0.29, 0.717) is 12.5 Å².